The molecule has 0 bridgehead atoms. The van der Waals surface area contributed by atoms with Gasteiger partial charge < -0.3 is 14.8 Å². The molecule has 1 amide bonds. The fraction of sp³-hybridized carbons (Fsp3) is 0.423. The number of amides is 1. The van der Waals surface area contributed by atoms with Crippen molar-refractivity contribution in [1.82, 2.24) is 29.4 Å². The third-order valence-corrected chi connectivity index (χ3v) is 7.26. The number of aryl methyl sites for hydroxylation is 3. The summed E-state index contributed by atoms with van der Waals surface area (Å²) in [5.74, 6) is -0.354. The van der Waals surface area contributed by atoms with Crippen molar-refractivity contribution in [3.05, 3.63) is 73.3 Å². The molecule has 0 unspecified atom stereocenters. The summed E-state index contributed by atoms with van der Waals surface area (Å²) >= 11 is 1.21. The summed E-state index contributed by atoms with van der Waals surface area (Å²) in [6, 6.07) is 4.18. The number of nitrogens with one attached hydrogen (secondary N) is 1. The van der Waals surface area contributed by atoms with Crippen LogP contribution in [0.1, 0.15) is 24.5 Å². The van der Waals surface area contributed by atoms with Crippen molar-refractivity contribution < 1.29 is 18.7 Å². The van der Waals surface area contributed by atoms with E-state index in [-0.39, 0.29) is 19.5 Å². The van der Waals surface area contributed by atoms with Crippen LogP contribution in [0.2, 0.25) is 0 Å². The third-order valence-electron chi connectivity index (χ3n) is 5.98. The van der Waals surface area contributed by atoms with Crippen LogP contribution in [0.15, 0.2) is 45.4 Å². The van der Waals surface area contributed by atoms with Gasteiger partial charge in [-0.15, -0.1) is 4.80 Å². The molecule has 1 aromatic carbocycles. The molecule has 0 radical (unpaired) electrons. The van der Waals surface area contributed by atoms with Gasteiger partial charge in [0.25, 0.3) is 5.56 Å². The largest absolute Gasteiger partial charge is 0.496 e. The molecular formula is C26H32FN7O6S. The molecule has 0 fully saturated rings. The summed E-state index contributed by atoms with van der Waals surface area (Å²) in [5, 5.41) is 14.5. The van der Waals surface area contributed by atoms with E-state index in [0.29, 0.717) is 45.2 Å². The molecule has 0 saturated carbocycles. The number of hydrogen-bond donors (Lipinski definition) is 1. The lowest BCUT2D eigenvalue weighted by molar-refractivity contribution is -0.121. The lowest BCUT2D eigenvalue weighted by Gasteiger charge is -2.13. The van der Waals surface area contributed by atoms with E-state index in [4.69, 9.17) is 4.74 Å². The van der Waals surface area contributed by atoms with E-state index in [1.165, 1.54) is 65.5 Å². The number of benzene rings is 1. The maximum absolute atomic E-state index is 13.9. The number of aromatic nitrogens is 5. The van der Waals surface area contributed by atoms with Crippen molar-refractivity contribution in [3.8, 4) is 10.8 Å². The Bertz CT molecular complexity index is 1600. The molecule has 13 nitrogen and oxygen atoms in total. The van der Waals surface area contributed by atoms with E-state index in [9.17, 15) is 23.7 Å². The molecule has 0 saturated heterocycles. The van der Waals surface area contributed by atoms with E-state index in [1.54, 1.807) is 6.92 Å². The molecular weight excluding hydrogens is 557 g/mol. The fourth-order valence-corrected chi connectivity index (χ4v) is 5.23. The Balaban J connectivity index is 0.000000696. The summed E-state index contributed by atoms with van der Waals surface area (Å²) < 4.78 is 26.1. The first-order valence-electron chi connectivity index (χ1n) is 12.8. The molecule has 4 aromatic rings. The van der Waals surface area contributed by atoms with Crippen LogP contribution in [-0.2, 0) is 29.0 Å². The molecule has 3 heterocycles. The van der Waals surface area contributed by atoms with E-state index < -0.39 is 29.5 Å². The maximum atomic E-state index is 13.9. The molecule has 1 N–H and O–H groups in total. The van der Waals surface area contributed by atoms with Crippen LogP contribution in [0.4, 0.5) is 4.39 Å². The predicted molar refractivity (Wildman–Crippen MR) is 152 cm³/mol. The van der Waals surface area contributed by atoms with Gasteiger partial charge in [-0.25, -0.2) is 9.18 Å². The van der Waals surface area contributed by atoms with Crippen molar-refractivity contribution in [2.75, 3.05) is 33.9 Å². The number of thiophene rings is 1. The topological polar surface area (TPSA) is 152 Å². The molecule has 3 aromatic heterocycles. The Kier molecular flexibility index (Phi) is 11.4. The molecule has 220 valence electrons. The second kappa shape index (κ2) is 14.9. The molecule has 4 rings (SSSR count). The highest BCUT2D eigenvalue weighted by atomic mass is 32.1. The zero-order valence-corrected chi connectivity index (χ0v) is 24.1. The van der Waals surface area contributed by atoms with Crippen molar-refractivity contribution in [2.24, 2.45) is 5.18 Å². The van der Waals surface area contributed by atoms with Gasteiger partial charge >= 0.3 is 5.69 Å². The van der Waals surface area contributed by atoms with E-state index in [2.05, 4.69) is 25.4 Å². The number of ether oxygens (including phenoxy) is 2. The Hall–Kier alpha value is -4.24. The first-order chi connectivity index (χ1) is 19.8. The van der Waals surface area contributed by atoms with Crippen LogP contribution >= 0.6 is 11.3 Å². The average Bonchev–Trinajstić information content (AvgIpc) is 3.61. The number of nitroso groups, excluding NO2 is 1. The first kappa shape index (κ1) is 31.3. The first-order valence-corrected chi connectivity index (χ1v) is 13.6. The number of carbonyl (C=O) groups is 1. The second-order valence-electron chi connectivity index (χ2n) is 8.76. The number of rotatable bonds is 12. The molecule has 0 atom stereocenters. The van der Waals surface area contributed by atoms with Crippen LogP contribution in [-0.4, -0.2) is 64.0 Å². The quantitative estimate of drug-likeness (QED) is 0.195. The number of fused-ring (bicyclic) bond motifs is 1. The standard InChI is InChI=1S/C23H25FN6O4S.C3H7NO2/c1-4-8-25-18(31)13-29-20(32)19-14(2)21(30-26-9-10-27-30)35-22(19)28(23(29)33)11-7-15-12-16(24)5-6-17(15)34-3;1-6-3-2-4-5/h5-6,9-10,12H,4,7-8,11,13H2,1-3H3,(H,25,31);2-3H2,1H3. The predicted octanol–water partition coefficient (Wildman–Crippen LogP) is 2.43. The smallest absolute Gasteiger partial charge is 0.332 e. The number of carbonyl (C=O) groups excluding carboxylic acids is 1. The maximum Gasteiger partial charge on any atom is 0.332 e. The molecule has 41 heavy (non-hydrogen) atoms. The highest BCUT2D eigenvalue weighted by Gasteiger charge is 2.23. The zero-order chi connectivity index (χ0) is 29.9. The third kappa shape index (κ3) is 7.49. The Morgan fingerprint density at radius 3 is 2.51 bits per heavy atom. The van der Waals surface area contributed by atoms with Gasteiger partial charge in [0.1, 0.15) is 34.5 Å². The lowest BCUT2D eigenvalue weighted by Crippen LogP contribution is -2.44. The normalized spacial score (nSPS) is 10.8. The molecule has 0 aliphatic carbocycles. The summed E-state index contributed by atoms with van der Waals surface area (Å²) in [5.41, 5.74) is 0.00775. The van der Waals surface area contributed by atoms with Crippen LogP contribution in [0.5, 0.6) is 5.75 Å². The minimum absolute atomic E-state index is 0.137. The van der Waals surface area contributed by atoms with Crippen molar-refractivity contribution >= 4 is 27.5 Å². The molecule has 0 aliphatic rings. The van der Waals surface area contributed by atoms with Crippen molar-refractivity contribution in [3.63, 3.8) is 0 Å². The number of methoxy groups -OCH3 is 2. The van der Waals surface area contributed by atoms with Crippen LogP contribution in [0, 0.1) is 17.6 Å². The van der Waals surface area contributed by atoms with E-state index in [0.717, 1.165) is 11.0 Å². The van der Waals surface area contributed by atoms with E-state index in [1.807, 2.05) is 6.92 Å². The lowest BCUT2D eigenvalue weighted by atomic mass is 10.1. The van der Waals surface area contributed by atoms with Crippen LogP contribution in [0.25, 0.3) is 15.2 Å². The van der Waals surface area contributed by atoms with Gasteiger partial charge in [-0.05, 0) is 43.5 Å². The highest BCUT2D eigenvalue weighted by Crippen LogP contribution is 2.30. The fourth-order valence-electron chi connectivity index (χ4n) is 4.00. The summed E-state index contributed by atoms with van der Waals surface area (Å²) in [4.78, 5) is 50.3. The Morgan fingerprint density at radius 1 is 1.17 bits per heavy atom. The van der Waals surface area contributed by atoms with Gasteiger partial charge in [-0.1, -0.05) is 23.4 Å². The van der Waals surface area contributed by atoms with Crippen molar-refractivity contribution in [1.29, 1.82) is 0 Å². The second-order valence-corrected chi connectivity index (χ2v) is 9.74. The SMILES string of the molecule is CCCNC(=O)Cn1c(=O)c2c(C)c(-n3nccn3)sc2n(CCc2cc(F)ccc2OC)c1=O.COCCN=O. The van der Waals surface area contributed by atoms with Gasteiger partial charge in [0.15, 0.2) is 0 Å². The highest BCUT2D eigenvalue weighted by molar-refractivity contribution is 7.21. The monoisotopic (exact) mass is 589 g/mol. The van der Waals surface area contributed by atoms with Crippen LogP contribution in [0.3, 0.4) is 0 Å². The summed E-state index contributed by atoms with van der Waals surface area (Å²) in [6.07, 6.45) is 4.03. The minimum atomic E-state index is -0.620. The van der Waals surface area contributed by atoms with Gasteiger partial charge in [0.2, 0.25) is 5.91 Å². The summed E-state index contributed by atoms with van der Waals surface area (Å²) in [7, 11) is 3.02. The van der Waals surface area contributed by atoms with E-state index >= 15 is 0 Å². The van der Waals surface area contributed by atoms with Gasteiger partial charge in [-0.2, -0.15) is 15.1 Å². The van der Waals surface area contributed by atoms with Gasteiger partial charge in [0, 0.05) is 25.8 Å². The number of halogens is 1. The Morgan fingerprint density at radius 2 is 1.90 bits per heavy atom. The average molecular weight is 590 g/mol. The minimum Gasteiger partial charge on any atom is -0.496 e. The van der Waals surface area contributed by atoms with Crippen molar-refractivity contribution in [2.45, 2.75) is 39.8 Å². The zero-order valence-electron chi connectivity index (χ0n) is 23.3. The summed E-state index contributed by atoms with van der Waals surface area (Å²) in [6.45, 7) is 4.53. The van der Waals surface area contributed by atoms with Crippen LogP contribution < -0.4 is 21.3 Å². The van der Waals surface area contributed by atoms with Gasteiger partial charge in [0.05, 0.1) is 31.5 Å². The Labute approximate surface area is 238 Å². The molecule has 0 aliphatic heterocycles. The van der Waals surface area contributed by atoms with Gasteiger partial charge in [-0.3, -0.25) is 18.7 Å². The number of nitrogens with zero attached hydrogens (tertiary/aromatic N) is 6. The molecule has 15 heteroatoms. The molecule has 0 spiro atoms. The number of hydrogen-bond acceptors (Lipinski definition) is 10.